The Balaban J connectivity index is 2.50. The molecule has 0 aromatic rings. The van der Waals surface area contributed by atoms with Crippen LogP contribution in [0.15, 0.2) is 0 Å². The van der Waals surface area contributed by atoms with Crippen molar-refractivity contribution in [3.8, 4) is 0 Å². The fraction of sp³-hybridized carbons (Fsp3) is 0.833. The lowest BCUT2D eigenvalue weighted by molar-refractivity contribution is -0.138. The van der Waals surface area contributed by atoms with Crippen molar-refractivity contribution in [1.29, 1.82) is 0 Å². The standard InChI is InChI=1S/C12H22N2O4/c1-8(2)12(17)7-14(4-9(12)3)11(16)6-18-5-10(13)15/h8-9,17H,4-7H2,1-3H3,(H2,13,15)/t9-,12-/m0/s1. The molecule has 0 bridgehead atoms. The molecule has 6 nitrogen and oxygen atoms in total. The molecule has 0 aliphatic carbocycles. The van der Waals surface area contributed by atoms with E-state index < -0.39 is 11.5 Å². The van der Waals surface area contributed by atoms with E-state index in [9.17, 15) is 14.7 Å². The lowest BCUT2D eigenvalue weighted by Crippen LogP contribution is -2.43. The number of primary amides is 1. The van der Waals surface area contributed by atoms with Gasteiger partial charge in [0.05, 0.1) is 12.1 Å². The third kappa shape index (κ3) is 3.20. The summed E-state index contributed by atoms with van der Waals surface area (Å²) in [6.45, 7) is 6.19. The first-order valence-corrected chi connectivity index (χ1v) is 6.13. The highest BCUT2D eigenvalue weighted by atomic mass is 16.5. The van der Waals surface area contributed by atoms with E-state index in [1.165, 1.54) is 0 Å². The summed E-state index contributed by atoms with van der Waals surface area (Å²) < 4.78 is 4.89. The SMILES string of the molecule is CC(C)[C@@]1(O)CN(C(=O)COCC(N)=O)C[C@@H]1C. The molecule has 0 unspecified atom stereocenters. The molecule has 1 rings (SSSR count). The van der Waals surface area contributed by atoms with Gasteiger partial charge in [-0.2, -0.15) is 0 Å². The summed E-state index contributed by atoms with van der Waals surface area (Å²) >= 11 is 0. The molecule has 2 amide bonds. The van der Waals surface area contributed by atoms with Crippen LogP contribution < -0.4 is 5.73 Å². The average molecular weight is 258 g/mol. The van der Waals surface area contributed by atoms with Crippen LogP contribution in [0.2, 0.25) is 0 Å². The number of amides is 2. The highest BCUT2D eigenvalue weighted by Gasteiger charge is 2.46. The van der Waals surface area contributed by atoms with Crippen molar-refractivity contribution in [2.24, 2.45) is 17.6 Å². The predicted octanol–water partition coefficient (Wildman–Crippen LogP) is -0.646. The van der Waals surface area contributed by atoms with Gasteiger partial charge in [-0.05, 0) is 5.92 Å². The molecule has 104 valence electrons. The average Bonchev–Trinajstić information content (AvgIpc) is 2.56. The Morgan fingerprint density at radius 2 is 2.11 bits per heavy atom. The van der Waals surface area contributed by atoms with Crippen molar-refractivity contribution in [2.75, 3.05) is 26.3 Å². The van der Waals surface area contributed by atoms with E-state index >= 15 is 0 Å². The summed E-state index contributed by atoms with van der Waals surface area (Å²) in [5, 5.41) is 10.5. The Morgan fingerprint density at radius 1 is 1.50 bits per heavy atom. The van der Waals surface area contributed by atoms with Gasteiger partial charge < -0.3 is 20.5 Å². The summed E-state index contributed by atoms with van der Waals surface area (Å²) in [6.07, 6.45) is 0. The zero-order valence-electron chi connectivity index (χ0n) is 11.2. The number of likely N-dealkylation sites (tertiary alicyclic amines) is 1. The van der Waals surface area contributed by atoms with Gasteiger partial charge in [0.2, 0.25) is 11.8 Å². The predicted molar refractivity (Wildman–Crippen MR) is 65.5 cm³/mol. The van der Waals surface area contributed by atoms with Gasteiger partial charge in [0.15, 0.2) is 0 Å². The monoisotopic (exact) mass is 258 g/mol. The van der Waals surface area contributed by atoms with Gasteiger partial charge in [-0.25, -0.2) is 0 Å². The summed E-state index contributed by atoms with van der Waals surface area (Å²) in [5.41, 5.74) is 4.06. The Bertz CT molecular complexity index is 332. The normalized spacial score (nSPS) is 27.8. The van der Waals surface area contributed by atoms with Crippen LogP contribution >= 0.6 is 0 Å². The number of hydrogen-bond donors (Lipinski definition) is 2. The van der Waals surface area contributed by atoms with E-state index in [1.807, 2.05) is 20.8 Å². The molecule has 3 N–H and O–H groups in total. The molecule has 0 aromatic heterocycles. The lowest BCUT2D eigenvalue weighted by atomic mass is 9.82. The van der Waals surface area contributed by atoms with E-state index in [0.29, 0.717) is 13.1 Å². The molecule has 2 atom stereocenters. The van der Waals surface area contributed by atoms with Gasteiger partial charge >= 0.3 is 0 Å². The van der Waals surface area contributed by atoms with Crippen LogP contribution in [0.1, 0.15) is 20.8 Å². The Labute approximate surface area is 107 Å². The highest BCUT2D eigenvalue weighted by Crippen LogP contribution is 2.33. The highest BCUT2D eigenvalue weighted by molar-refractivity contribution is 5.79. The van der Waals surface area contributed by atoms with Crippen LogP contribution in [0, 0.1) is 11.8 Å². The molecule has 18 heavy (non-hydrogen) atoms. The molecule has 1 fully saturated rings. The number of rotatable bonds is 5. The summed E-state index contributed by atoms with van der Waals surface area (Å²) in [6, 6.07) is 0. The number of aliphatic hydroxyl groups is 1. The van der Waals surface area contributed by atoms with Crippen molar-refractivity contribution in [3.05, 3.63) is 0 Å². The van der Waals surface area contributed by atoms with Gasteiger partial charge in [0, 0.05) is 12.5 Å². The fourth-order valence-corrected chi connectivity index (χ4v) is 2.29. The maximum absolute atomic E-state index is 11.8. The minimum Gasteiger partial charge on any atom is -0.387 e. The Kier molecular flexibility index (Phi) is 4.70. The number of carbonyl (C=O) groups excluding carboxylic acids is 2. The molecular weight excluding hydrogens is 236 g/mol. The van der Waals surface area contributed by atoms with E-state index in [-0.39, 0.29) is 31.0 Å². The first-order valence-electron chi connectivity index (χ1n) is 6.13. The first-order chi connectivity index (χ1) is 8.27. The van der Waals surface area contributed by atoms with Crippen LogP contribution in [-0.4, -0.2) is 53.7 Å². The van der Waals surface area contributed by atoms with Crippen LogP contribution in [0.5, 0.6) is 0 Å². The number of β-amino-alcohol motifs (C(OH)–C–C–N with tert-alkyl or cyclic N) is 1. The lowest BCUT2D eigenvalue weighted by Gasteiger charge is -2.30. The number of hydrogen-bond acceptors (Lipinski definition) is 4. The van der Waals surface area contributed by atoms with Gasteiger partial charge in [-0.3, -0.25) is 9.59 Å². The van der Waals surface area contributed by atoms with Gasteiger partial charge in [-0.15, -0.1) is 0 Å². The Morgan fingerprint density at radius 3 is 2.56 bits per heavy atom. The van der Waals surface area contributed by atoms with Gasteiger partial charge in [0.1, 0.15) is 13.2 Å². The molecule has 6 heteroatoms. The quantitative estimate of drug-likeness (QED) is 0.685. The summed E-state index contributed by atoms with van der Waals surface area (Å²) in [4.78, 5) is 23.9. The van der Waals surface area contributed by atoms with Crippen LogP contribution in [0.3, 0.4) is 0 Å². The molecule has 1 aliphatic rings. The van der Waals surface area contributed by atoms with Crippen molar-refractivity contribution in [2.45, 2.75) is 26.4 Å². The van der Waals surface area contributed by atoms with Crippen molar-refractivity contribution in [1.82, 2.24) is 4.90 Å². The zero-order valence-corrected chi connectivity index (χ0v) is 11.2. The van der Waals surface area contributed by atoms with Crippen molar-refractivity contribution < 1.29 is 19.4 Å². The second-order valence-corrected chi connectivity index (χ2v) is 5.28. The topological polar surface area (TPSA) is 92.9 Å². The smallest absolute Gasteiger partial charge is 0.248 e. The second-order valence-electron chi connectivity index (χ2n) is 5.28. The van der Waals surface area contributed by atoms with Crippen molar-refractivity contribution in [3.63, 3.8) is 0 Å². The molecule has 0 aromatic carbocycles. The minimum atomic E-state index is -0.848. The van der Waals surface area contributed by atoms with Gasteiger partial charge in [0.25, 0.3) is 0 Å². The Hall–Kier alpha value is -1.14. The molecular formula is C12H22N2O4. The van der Waals surface area contributed by atoms with E-state index in [1.54, 1.807) is 4.90 Å². The molecule has 0 radical (unpaired) electrons. The zero-order chi connectivity index (χ0) is 13.9. The first kappa shape index (κ1) is 14.9. The molecule has 1 heterocycles. The number of nitrogens with zero attached hydrogens (tertiary/aromatic N) is 1. The van der Waals surface area contributed by atoms with Crippen molar-refractivity contribution >= 4 is 11.8 Å². The van der Waals surface area contributed by atoms with E-state index in [0.717, 1.165) is 0 Å². The number of nitrogens with two attached hydrogens (primary N) is 1. The fourth-order valence-electron chi connectivity index (χ4n) is 2.29. The molecule has 0 saturated carbocycles. The third-order valence-electron chi connectivity index (χ3n) is 3.61. The largest absolute Gasteiger partial charge is 0.387 e. The van der Waals surface area contributed by atoms with Crippen LogP contribution in [0.25, 0.3) is 0 Å². The van der Waals surface area contributed by atoms with E-state index in [2.05, 4.69) is 0 Å². The van der Waals surface area contributed by atoms with Crippen LogP contribution in [0.4, 0.5) is 0 Å². The minimum absolute atomic E-state index is 0.0255. The number of carbonyl (C=O) groups is 2. The van der Waals surface area contributed by atoms with Crippen LogP contribution in [-0.2, 0) is 14.3 Å². The summed E-state index contributed by atoms with van der Waals surface area (Å²) in [5.74, 6) is -0.717. The molecule has 1 saturated heterocycles. The number of ether oxygens (including phenoxy) is 1. The third-order valence-corrected chi connectivity index (χ3v) is 3.61. The molecule has 0 spiro atoms. The van der Waals surface area contributed by atoms with Gasteiger partial charge in [-0.1, -0.05) is 20.8 Å². The second kappa shape index (κ2) is 5.67. The molecule has 1 aliphatic heterocycles. The maximum atomic E-state index is 11.8. The summed E-state index contributed by atoms with van der Waals surface area (Å²) in [7, 11) is 0. The maximum Gasteiger partial charge on any atom is 0.248 e. The van der Waals surface area contributed by atoms with E-state index in [4.69, 9.17) is 10.5 Å².